The predicted octanol–water partition coefficient (Wildman–Crippen LogP) is 1.82. The third-order valence-electron chi connectivity index (χ3n) is 4.36. The number of fused-ring (bicyclic) bond motifs is 1. The summed E-state index contributed by atoms with van der Waals surface area (Å²) in [5, 5.41) is 2.86. The third kappa shape index (κ3) is 3.45. The molecule has 140 valence electrons. The van der Waals surface area contributed by atoms with E-state index in [1.165, 1.54) is 28.8 Å². The van der Waals surface area contributed by atoms with Gasteiger partial charge >= 0.3 is 5.76 Å². The number of hydrogen-bond acceptors (Lipinski definition) is 5. The molecule has 27 heavy (non-hydrogen) atoms. The fourth-order valence-electron chi connectivity index (χ4n) is 2.72. The number of carbonyl (C=O) groups is 1. The van der Waals surface area contributed by atoms with Crippen molar-refractivity contribution in [2.45, 2.75) is 23.8 Å². The molecule has 1 aliphatic carbocycles. The van der Waals surface area contributed by atoms with E-state index in [0.29, 0.717) is 11.1 Å². The van der Waals surface area contributed by atoms with E-state index < -0.39 is 15.8 Å². The molecule has 2 aromatic carbocycles. The molecule has 2 N–H and O–H groups in total. The average Bonchev–Trinajstić information content (AvgIpc) is 3.39. The number of amides is 1. The summed E-state index contributed by atoms with van der Waals surface area (Å²) in [6, 6.07) is 10.7. The number of carbonyl (C=O) groups excluding carboxylic acids is 1. The van der Waals surface area contributed by atoms with E-state index >= 15 is 0 Å². The normalized spacial score (nSPS) is 14.3. The van der Waals surface area contributed by atoms with E-state index in [2.05, 4.69) is 10.0 Å². The average molecular weight is 387 g/mol. The number of aromatic nitrogens is 1. The Bertz CT molecular complexity index is 1210. The number of rotatable bonds is 5. The molecule has 3 aromatic rings. The standard InChI is InChI=1S/C18H17N3O5S/c1-21-15-8-7-14(10-16(15)26-18(21)23)27(24,25)20-13-4-2-3-11(9-13)17(22)19-12-5-6-12/h2-4,7-10,12,20H,5-6H2,1H3,(H,19,22). The Morgan fingerprint density at radius 3 is 2.70 bits per heavy atom. The number of oxazole rings is 1. The van der Waals surface area contributed by atoms with E-state index in [1.807, 2.05) is 0 Å². The van der Waals surface area contributed by atoms with Crippen molar-refractivity contribution in [3.63, 3.8) is 0 Å². The highest BCUT2D eigenvalue weighted by molar-refractivity contribution is 7.92. The molecule has 0 bridgehead atoms. The Balaban J connectivity index is 1.61. The lowest BCUT2D eigenvalue weighted by atomic mass is 10.2. The molecule has 1 aliphatic rings. The first-order chi connectivity index (χ1) is 12.8. The minimum absolute atomic E-state index is 0.0443. The minimum atomic E-state index is -3.91. The van der Waals surface area contributed by atoms with Crippen LogP contribution in [0.3, 0.4) is 0 Å². The van der Waals surface area contributed by atoms with Gasteiger partial charge in [-0.15, -0.1) is 0 Å². The van der Waals surface area contributed by atoms with E-state index in [0.717, 1.165) is 12.8 Å². The Hall–Kier alpha value is -3.07. The smallest absolute Gasteiger partial charge is 0.408 e. The van der Waals surface area contributed by atoms with Crippen LogP contribution in [0.25, 0.3) is 11.1 Å². The van der Waals surface area contributed by atoms with Crippen molar-refractivity contribution in [1.29, 1.82) is 0 Å². The van der Waals surface area contributed by atoms with Crippen LogP contribution < -0.4 is 15.8 Å². The molecule has 0 atom stereocenters. The van der Waals surface area contributed by atoms with Gasteiger partial charge in [0.05, 0.1) is 10.4 Å². The number of benzene rings is 2. The Kier molecular flexibility index (Phi) is 4.03. The molecule has 8 nitrogen and oxygen atoms in total. The highest BCUT2D eigenvalue weighted by Crippen LogP contribution is 2.22. The second kappa shape index (κ2) is 6.27. The maximum absolute atomic E-state index is 12.7. The fourth-order valence-corrected chi connectivity index (χ4v) is 3.78. The monoisotopic (exact) mass is 387 g/mol. The molecular formula is C18H17N3O5S. The van der Waals surface area contributed by atoms with Gasteiger partial charge in [-0.1, -0.05) is 6.07 Å². The maximum atomic E-state index is 12.7. The molecule has 1 heterocycles. The second-order valence-electron chi connectivity index (χ2n) is 6.49. The summed E-state index contributed by atoms with van der Waals surface area (Å²) in [4.78, 5) is 23.7. The number of nitrogens with zero attached hydrogens (tertiary/aromatic N) is 1. The highest BCUT2D eigenvalue weighted by Gasteiger charge is 2.24. The first kappa shape index (κ1) is 17.3. The van der Waals surface area contributed by atoms with Crippen LogP contribution in [-0.4, -0.2) is 24.9 Å². The molecule has 1 saturated carbocycles. The van der Waals surface area contributed by atoms with Crippen molar-refractivity contribution in [3.05, 3.63) is 58.6 Å². The van der Waals surface area contributed by atoms with Crippen molar-refractivity contribution in [2.24, 2.45) is 7.05 Å². The number of anilines is 1. The second-order valence-corrected chi connectivity index (χ2v) is 8.17. The van der Waals surface area contributed by atoms with Gasteiger partial charge in [0.1, 0.15) is 0 Å². The fraction of sp³-hybridized carbons (Fsp3) is 0.222. The summed E-state index contributed by atoms with van der Waals surface area (Å²) in [6.45, 7) is 0. The lowest BCUT2D eigenvalue weighted by molar-refractivity contribution is 0.0951. The van der Waals surface area contributed by atoms with Crippen LogP contribution in [0.2, 0.25) is 0 Å². The van der Waals surface area contributed by atoms with Crippen LogP contribution in [0.5, 0.6) is 0 Å². The van der Waals surface area contributed by atoms with Gasteiger partial charge in [-0.2, -0.15) is 0 Å². The Labute approximate surface area is 154 Å². The van der Waals surface area contributed by atoms with Gasteiger partial charge < -0.3 is 9.73 Å². The van der Waals surface area contributed by atoms with Gasteiger partial charge in [-0.25, -0.2) is 13.2 Å². The predicted molar refractivity (Wildman–Crippen MR) is 99.2 cm³/mol. The minimum Gasteiger partial charge on any atom is -0.408 e. The maximum Gasteiger partial charge on any atom is 0.419 e. The Morgan fingerprint density at radius 1 is 1.19 bits per heavy atom. The van der Waals surface area contributed by atoms with Gasteiger partial charge in [-0.05, 0) is 43.2 Å². The molecule has 9 heteroatoms. The van der Waals surface area contributed by atoms with Crippen LogP contribution in [0.1, 0.15) is 23.2 Å². The van der Waals surface area contributed by atoms with Crippen molar-refractivity contribution in [1.82, 2.24) is 9.88 Å². The van der Waals surface area contributed by atoms with Gasteiger partial charge in [0, 0.05) is 30.4 Å². The van der Waals surface area contributed by atoms with Crippen molar-refractivity contribution < 1.29 is 17.6 Å². The third-order valence-corrected chi connectivity index (χ3v) is 5.74. The first-order valence-electron chi connectivity index (χ1n) is 8.37. The number of hydrogen-bond donors (Lipinski definition) is 2. The summed E-state index contributed by atoms with van der Waals surface area (Å²) < 4.78 is 34.1. The quantitative estimate of drug-likeness (QED) is 0.694. The molecule has 1 amide bonds. The zero-order valence-electron chi connectivity index (χ0n) is 14.4. The summed E-state index contributed by atoms with van der Waals surface area (Å²) in [5.74, 6) is -0.798. The van der Waals surface area contributed by atoms with E-state index in [9.17, 15) is 18.0 Å². The molecule has 0 aliphatic heterocycles. The Morgan fingerprint density at radius 2 is 1.96 bits per heavy atom. The molecule has 0 spiro atoms. The van der Waals surface area contributed by atoms with Crippen molar-refractivity contribution in [3.8, 4) is 0 Å². The lowest BCUT2D eigenvalue weighted by Crippen LogP contribution is -2.25. The zero-order chi connectivity index (χ0) is 19.2. The molecule has 4 rings (SSSR count). The molecule has 1 aromatic heterocycles. The lowest BCUT2D eigenvalue weighted by Gasteiger charge is -2.10. The summed E-state index contributed by atoms with van der Waals surface area (Å²) >= 11 is 0. The van der Waals surface area contributed by atoms with Crippen LogP contribution >= 0.6 is 0 Å². The SMILES string of the molecule is Cn1c(=O)oc2cc(S(=O)(=O)Nc3cccc(C(=O)NC4CC4)c3)ccc21. The molecule has 0 unspecified atom stereocenters. The number of sulfonamides is 1. The topological polar surface area (TPSA) is 110 Å². The van der Waals surface area contributed by atoms with Gasteiger partial charge in [0.25, 0.3) is 15.9 Å². The summed E-state index contributed by atoms with van der Waals surface area (Å²) in [7, 11) is -2.37. The largest absolute Gasteiger partial charge is 0.419 e. The molecule has 0 radical (unpaired) electrons. The van der Waals surface area contributed by atoms with Crippen LogP contribution in [0.4, 0.5) is 5.69 Å². The van der Waals surface area contributed by atoms with Gasteiger partial charge in [0.2, 0.25) is 0 Å². The number of nitrogens with one attached hydrogen (secondary N) is 2. The zero-order valence-corrected chi connectivity index (χ0v) is 15.2. The number of aryl methyl sites for hydroxylation is 1. The van der Waals surface area contributed by atoms with Gasteiger partial charge in [0.15, 0.2) is 5.58 Å². The van der Waals surface area contributed by atoms with Crippen LogP contribution in [0.15, 0.2) is 56.6 Å². The first-order valence-corrected chi connectivity index (χ1v) is 9.85. The van der Waals surface area contributed by atoms with Crippen LogP contribution in [0, 0.1) is 0 Å². The molecule has 0 saturated heterocycles. The van der Waals surface area contributed by atoms with Crippen molar-refractivity contribution in [2.75, 3.05) is 4.72 Å². The molecule has 1 fully saturated rings. The van der Waals surface area contributed by atoms with E-state index in [1.54, 1.807) is 25.2 Å². The highest BCUT2D eigenvalue weighted by atomic mass is 32.2. The van der Waals surface area contributed by atoms with Crippen molar-refractivity contribution >= 4 is 32.7 Å². The summed E-state index contributed by atoms with van der Waals surface area (Å²) in [5.41, 5.74) is 1.33. The van der Waals surface area contributed by atoms with Crippen LogP contribution in [-0.2, 0) is 17.1 Å². The summed E-state index contributed by atoms with van der Waals surface area (Å²) in [6.07, 6.45) is 1.94. The van der Waals surface area contributed by atoms with E-state index in [4.69, 9.17) is 4.42 Å². The van der Waals surface area contributed by atoms with Gasteiger partial charge in [-0.3, -0.25) is 14.1 Å². The molecular weight excluding hydrogens is 370 g/mol. The van der Waals surface area contributed by atoms with E-state index in [-0.39, 0.29) is 28.1 Å².